The third-order valence-electron chi connectivity index (χ3n) is 3.42. The quantitative estimate of drug-likeness (QED) is 0.653. The first kappa shape index (κ1) is 15.6. The number of carbonyl (C=O) groups excluding carboxylic acids is 1. The minimum atomic E-state index is -0.383. The molecule has 0 amide bonds. The number of methoxy groups -OCH3 is 1. The van der Waals surface area contributed by atoms with E-state index in [0.717, 1.165) is 20.8 Å². The molecule has 1 aromatic heterocycles. The zero-order valence-corrected chi connectivity index (χ0v) is 13.8. The molecule has 3 aromatic rings. The number of para-hydroxylation sites is 1. The summed E-state index contributed by atoms with van der Waals surface area (Å²) in [6.07, 6.45) is -0.383. The third kappa shape index (κ3) is 3.57. The minimum Gasteiger partial charge on any atom is -0.452 e. The molecular formula is C18H17NO3S. The lowest BCUT2D eigenvalue weighted by Gasteiger charge is -2.11. The number of carbonyl (C=O) groups is 1. The maximum Gasteiger partial charge on any atom is 0.338 e. The highest BCUT2D eigenvalue weighted by Gasteiger charge is 2.17. The van der Waals surface area contributed by atoms with E-state index in [9.17, 15) is 4.79 Å². The molecule has 0 aliphatic heterocycles. The number of esters is 1. The Bertz CT molecular complexity index is 795. The SMILES string of the molecule is COCc1cccc(C(=O)OC(C)c2nc3ccccc3s2)c1. The molecule has 0 aliphatic carbocycles. The smallest absolute Gasteiger partial charge is 0.338 e. The van der Waals surface area contributed by atoms with E-state index in [-0.39, 0.29) is 12.1 Å². The van der Waals surface area contributed by atoms with Gasteiger partial charge in [0.15, 0.2) is 6.10 Å². The predicted molar refractivity (Wildman–Crippen MR) is 90.6 cm³/mol. The molecule has 0 saturated carbocycles. The first-order valence-corrected chi connectivity index (χ1v) is 8.13. The molecule has 118 valence electrons. The molecule has 0 bridgehead atoms. The van der Waals surface area contributed by atoms with Crippen molar-refractivity contribution in [2.75, 3.05) is 7.11 Å². The number of thiazole rings is 1. The van der Waals surface area contributed by atoms with Gasteiger partial charge in [-0.15, -0.1) is 11.3 Å². The summed E-state index contributed by atoms with van der Waals surface area (Å²) in [5.41, 5.74) is 2.39. The molecule has 1 heterocycles. The minimum absolute atomic E-state index is 0.352. The van der Waals surface area contributed by atoms with Gasteiger partial charge in [0.2, 0.25) is 0 Å². The van der Waals surface area contributed by atoms with Crippen LogP contribution >= 0.6 is 11.3 Å². The van der Waals surface area contributed by atoms with E-state index in [2.05, 4.69) is 4.98 Å². The van der Waals surface area contributed by atoms with Gasteiger partial charge in [-0.25, -0.2) is 9.78 Å². The fraction of sp³-hybridized carbons (Fsp3) is 0.222. The summed E-state index contributed by atoms with van der Waals surface area (Å²) >= 11 is 1.55. The highest BCUT2D eigenvalue weighted by molar-refractivity contribution is 7.18. The summed E-state index contributed by atoms with van der Waals surface area (Å²) < 4.78 is 11.7. The summed E-state index contributed by atoms with van der Waals surface area (Å²) in [5.74, 6) is -0.352. The van der Waals surface area contributed by atoms with Gasteiger partial charge in [-0.3, -0.25) is 0 Å². The van der Waals surface area contributed by atoms with Crippen LogP contribution in [0.2, 0.25) is 0 Å². The molecule has 0 fully saturated rings. The summed E-state index contributed by atoms with van der Waals surface area (Å²) in [6, 6.07) is 15.2. The van der Waals surface area contributed by atoms with Crippen molar-refractivity contribution in [2.24, 2.45) is 0 Å². The van der Waals surface area contributed by atoms with E-state index in [0.29, 0.717) is 12.2 Å². The Morgan fingerprint density at radius 1 is 1.22 bits per heavy atom. The molecule has 5 heteroatoms. The summed E-state index contributed by atoms with van der Waals surface area (Å²) in [4.78, 5) is 16.8. The lowest BCUT2D eigenvalue weighted by Crippen LogP contribution is -2.09. The first-order valence-electron chi connectivity index (χ1n) is 7.31. The fourth-order valence-electron chi connectivity index (χ4n) is 2.30. The fourth-order valence-corrected chi connectivity index (χ4v) is 3.25. The van der Waals surface area contributed by atoms with Crippen LogP contribution in [0.25, 0.3) is 10.2 Å². The van der Waals surface area contributed by atoms with Gasteiger partial charge in [-0.2, -0.15) is 0 Å². The van der Waals surface area contributed by atoms with Crippen molar-refractivity contribution in [2.45, 2.75) is 19.6 Å². The van der Waals surface area contributed by atoms with E-state index in [4.69, 9.17) is 9.47 Å². The van der Waals surface area contributed by atoms with Crippen molar-refractivity contribution in [1.29, 1.82) is 0 Å². The van der Waals surface area contributed by atoms with Gasteiger partial charge < -0.3 is 9.47 Å². The van der Waals surface area contributed by atoms with Crippen molar-refractivity contribution < 1.29 is 14.3 Å². The lowest BCUT2D eigenvalue weighted by molar-refractivity contribution is 0.0337. The average molecular weight is 327 g/mol. The average Bonchev–Trinajstić information content (AvgIpc) is 2.99. The van der Waals surface area contributed by atoms with E-state index in [1.54, 1.807) is 30.6 Å². The van der Waals surface area contributed by atoms with Gasteiger partial charge in [-0.05, 0) is 36.8 Å². The molecule has 0 saturated heterocycles. The summed E-state index contributed by atoms with van der Waals surface area (Å²) in [7, 11) is 1.63. The standard InChI is InChI=1S/C18H17NO3S/c1-12(17-19-15-8-3-4-9-16(15)23-17)22-18(20)14-7-5-6-13(10-14)11-21-2/h3-10,12H,11H2,1-2H3. The molecule has 1 unspecified atom stereocenters. The van der Waals surface area contributed by atoms with Crippen molar-refractivity contribution in [3.8, 4) is 0 Å². The summed E-state index contributed by atoms with van der Waals surface area (Å²) in [6.45, 7) is 2.31. The van der Waals surface area contributed by atoms with Gasteiger partial charge in [0.25, 0.3) is 0 Å². The predicted octanol–water partition coefficient (Wildman–Crippen LogP) is 4.36. The lowest BCUT2D eigenvalue weighted by atomic mass is 10.1. The van der Waals surface area contributed by atoms with E-state index in [1.807, 2.05) is 43.3 Å². The van der Waals surface area contributed by atoms with Crippen LogP contribution < -0.4 is 0 Å². The van der Waals surface area contributed by atoms with Gasteiger partial charge in [0.05, 0.1) is 22.4 Å². The van der Waals surface area contributed by atoms with Crippen LogP contribution in [0.3, 0.4) is 0 Å². The second-order valence-electron chi connectivity index (χ2n) is 5.20. The number of fused-ring (bicyclic) bond motifs is 1. The van der Waals surface area contributed by atoms with Gasteiger partial charge in [0.1, 0.15) is 5.01 Å². The van der Waals surface area contributed by atoms with Crippen LogP contribution in [-0.2, 0) is 16.1 Å². The molecule has 0 radical (unpaired) electrons. The molecule has 4 nitrogen and oxygen atoms in total. The zero-order chi connectivity index (χ0) is 16.2. The molecule has 3 rings (SSSR count). The largest absolute Gasteiger partial charge is 0.452 e. The molecule has 0 N–H and O–H groups in total. The second kappa shape index (κ2) is 6.89. The van der Waals surface area contributed by atoms with Crippen LogP contribution in [0, 0.1) is 0 Å². The van der Waals surface area contributed by atoms with Crippen molar-refractivity contribution in [3.63, 3.8) is 0 Å². The number of benzene rings is 2. The third-order valence-corrected chi connectivity index (χ3v) is 4.61. The number of ether oxygens (including phenoxy) is 2. The van der Waals surface area contributed by atoms with E-state index >= 15 is 0 Å². The molecule has 1 atom stereocenters. The zero-order valence-electron chi connectivity index (χ0n) is 13.0. The maximum absolute atomic E-state index is 12.3. The van der Waals surface area contributed by atoms with Crippen LogP contribution in [0.4, 0.5) is 0 Å². The van der Waals surface area contributed by atoms with Crippen LogP contribution in [-0.4, -0.2) is 18.1 Å². The molecule has 0 aliphatic rings. The van der Waals surface area contributed by atoms with E-state index < -0.39 is 0 Å². The summed E-state index contributed by atoms with van der Waals surface area (Å²) in [5, 5.41) is 0.799. The number of rotatable bonds is 5. The Balaban J connectivity index is 1.75. The normalized spacial score (nSPS) is 12.3. The van der Waals surface area contributed by atoms with Crippen molar-refractivity contribution in [3.05, 3.63) is 64.7 Å². The highest BCUT2D eigenvalue weighted by Crippen LogP contribution is 2.28. The molecule has 2 aromatic carbocycles. The number of hydrogen-bond donors (Lipinski definition) is 0. The Kier molecular flexibility index (Phi) is 4.69. The van der Waals surface area contributed by atoms with E-state index in [1.165, 1.54) is 0 Å². The Morgan fingerprint density at radius 2 is 2.04 bits per heavy atom. The number of hydrogen-bond acceptors (Lipinski definition) is 5. The van der Waals surface area contributed by atoms with Gasteiger partial charge >= 0.3 is 5.97 Å². The maximum atomic E-state index is 12.3. The van der Waals surface area contributed by atoms with Crippen LogP contribution in [0.1, 0.15) is 34.0 Å². The molecular weight excluding hydrogens is 310 g/mol. The number of aromatic nitrogens is 1. The van der Waals surface area contributed by atoms with Crippen LogP contribution in [0.5, 0.6) is 0 Å². The Labute approximate surface area is 138 Å². The number of nitrogens with zero attached hydrogens (tertiary/aromatic N) is 1. The topological polar surface area (TPSA) is 48.4 Å². The first-order chi connectivity index (χ1) is 11.2. The van der Waals surface area contributed by atoms with Crippen LogP contribution in [0.15, 0.2) is 48.5 Å². The monoisotopic (exact) mass is 327 g/mol. The molecule has 0 spiro atoms. The van der Waals surface area contributed by atoms with Gasteiger partial charge in [-0.1, -0.05) is 24.3 Å². The van der Waals surface area contributed by atoms with Crippen molar-refractivity contribution in [1.82, 2.24) is 4.98 Å². The highest BCUT2D eigenvalue weighted by atomic mass is 32.1. The van der Waals surface area contributed by atoms with Gasteiger partial charge in [0, 0.05) is 7.11 Å². The second-order valence-corrected chi connectivity index (χ2v) is 6.26. The Morgan fingerprint density at radius 3 is 2.83 bits per heavy atom. The Hall–Kier alpha value is -2.24. The molecule has 23 heavy (non-hydrogen) atoms. The van der Waals surface area contributed by atoms with Crippen molar-refractivity contribution >= 4 is 27.5 Å².